The lowest BCUT2D eigenvalue weighted by molar-refractivity contribution is -0.139. The van der Waals surface area contributed by atoms with E-state index in [2.05, 4.69) is 16.0 Å². The van der Waals surface area contributed by atoms with Crippen LogP contribution in [0.15, 0.2) is 64.6 Å². The Balaban J connectivity index is 1.54. The molecule has 7 nitrogen and oxygen atoms in total. The molecule has 3 rings (SSSR count). The molecule has 9 heteroatoms. The summed E-state index contributed by atoms with van der Waals surface area (Å²) in [6.07, 6.45) is 1.46. The first-order valence-corrected chi connectivity index (χ1v) is 9.57. The summed E-state index contributed by atoms with van der Waals surface area (Å²) >= 11 is 1.44. The molecule has 0 radical (unpaired) electrons. The molecule has 3 aromatic rings. The number of halogens is 1. The highest BCUT2D eigenvalue weighted by molar-refractivity contribution is 7.10. The van der Waals surface area contributed by atoms with Gasteiger partial charge in [0.1, 0.15) is 11.6 Å². The van der Waals surface area contributed by atoms with Crippen LogP contribution in [0.25, 0.3) is 0 Å². The quantitative estimate of drug-likeness (QED) is 0.515. The normalized spacial score (nSPS) is 11.5. The average Bonchev–Trinajstić information content (AvgIpc) is 3.43. The molecule has 3 amide bonds. The number of carbonyl (C=O) groups is 3. The van der Waals surface area contributed by atoms with Crippen LogP contribution in [0.1, 0.15) is 22.2 Å². The molecule has 3 N–H and O–H groups in total. The van der Waals surface area contributed by atoms with Crippen LogP contribution in [0.4, 0.5) is 4.39 Å². The van der Waals surface area contributed by atoms with Gasteiger partial charge >= 0.3 is 11.8 Å². The molecule has 0 aliphatic carbocycles. The third kappa shape index (κ3) is 5.76. The van der Waals surface area contributed by atoms with Crippen molar-refractivity contribution in [2.75, 3.05) is 6.54 Å². The number of hydrogen-bond donors (Lipinski definition) is 3. The van der Waals surface area contributed by atoms with Crippen molar-refractivity contribution in [3.8, 4) is 0 Å². The van der Waals surface area contributed by atoms with E-state index in [1.165, 1.54) is 29.7 Å². The van der Waals surface area contributed by atoms with Crippen LogP contribution in [-0.2, 0) is 20.9 Å². The molecule has 1 aromatic carbocycles. The van der Waals surface area contributed by atoms with E-state index >= 15 is 0 Å². The molecule has 0 saturated heterocycles. The molecule has 0 bridgehead atoms. The van der Waals surface area contributed by atoms with Gasteiger partial charge in [0.05, 0.1) is 25.4 Å². The minimum atomic E-state index is -0.929. The third-order valence-corrected chi connectivity index (χ3v) is 4.89. The zero-order valence-electron chi connectivity index (χ0n) is 15.2. The summed E-state index contributed by atoms with van der Waals surface area (Å²) in [6.45, 7) is -0.313. The van der Waals surface area contributed by atoms with Crippen LogP contribution >= 0.6 is 11.3 Å². The minimum absolute atomic E-state index is 0.0659. The van der Waals surface area contributed by atoms with Crippen molar-refractivity contribution < 1.29 is 23.2 Å². The third-order valence-electron chi connectivity index (χ3n) is 3.96. The van der Waals surface area contributed by atoms with Gasteiger partial charge in [-0.25, -0.2) is 4.39 Å². The highest BCUT2D eigenvalue weighted by Crippen LogP contribution is 2.26. The van der Waals surface area contributed by atoms with Crippen molar-refractivity contribution in [1.29, 1.82) is 0 Å². The van der Waals surface area contributed by atoms with Crippen LogP contribution in [-0.4, -0.2) is 24.3 Å². The molecular weight excluding hydrogens is 397 g/mol. The first-order valence-electron chi connectivity index (χ1n) is 8.69. The molecule has 2 aromatic heterocycles. The maximum atomic E-state index is 13.2. The highest BCUT2D eigenvalue weighted by atomic mass is 32.1. The van der Waals surface area contributed by atoms with Gasteiger partial charge in [-0.15, -0.1) is 11.3 Å². The fourth-order valence-corrected chi connectivity index (χ4v) is 3.35. The minimum Gasteiger partial charge on any atom is -0.467 e. The Morgan fingerprint density at radius 2 is 1.76 bits per heavy atom. The molecule has 2 heterocycles. The fraction of sp³-hybridized carbons (Fsp3) is 0.150. The second-order valence-corrected chi connectivity index (χ2v) is 6.99. The Labute approximate surface area is 169 Å². The van der Waals surface area contributed by atoms with E-state index in [1.54, 1.807) is 24.3 Å². The van der Waals surface area contributed by atoms with Gasteiger partial charge in [0.15, 0.2) is 0 Å². The first-order chi connectivity index (χ1) is 14.0. The molecular formula is C20H18FN3O4S. The van der Waals surface area contributed by atoms with E-state index in [-0.39, 0.29) is 18.9 Å². The molecule has 0 spiro atoms. The van der Waals surface area contributed by atoms with Gasteiger partial charge < -0.3 is 20.4 Å². The van der Waals surface area contributed by atoms with Crippen LogP contribution in [0.5, 0.6) is 0 Å². The highest BCUT2D eigenvalue weighted by Gasteiger charge is 2.20. The van der Waals surface area contributed by atoms with Crippen LogP contribution in [0, 0.1) is 5.82 Å². The van der Waals surface area contributed by atoms with E-state index in [1.807, 2.05) is 17.5 Å². The Bertz CT molecular complexity index is 956. The van der Waals surface area contributed by atoms with E-state index in [0.29, 0.717) is 11.3 Å². The SMILES string of the molecule is O=C(CNC(=O)C(=O)NCc1ccco1)NC(c1ccc(F)cc1)c1cccs1. The van der Waals surface area contributed by atoms with Gasteiger partial charge in [-0.2, -0.15) is 0 Å². The number of furan rings is 1. The molecule has 1 unspecified atom stereocenters. The number of amides is 3. The van der Waals surface area contributed by atoms with E-state index in [9.17, 15) is 18.8 Å². The second kappa shape index (κ2) is 9.65. The van der Waals surface area contributed by atoms with Gasteiger partial charge in [0, 0.05) is 4.88 Å². The van der Waals surface area contributed by atoms with Crippen molar-refractivity contribution in [3.63, 3.8) is 0 Å². The summed E-state index contributed by atoms with van der Waals surface area (Å²) in [5.41, 5.74) is 0.699. The summed E-state index contributed by atoms with van der Waals surface area (Å²) in [6, 6.07) is 12.3. The van der Waals surface area contributed by atoms with Crippen molar-refractivity contribution in [1.82, 2.24) is 16.0 Å². The van der Waals surface area contributed by atoms with E-state index < -0.39 is 23.8 Å². The summed E-state index contributed by atoms with van der Waals surface area (Å²) in [7, 11) is 0. The van der Waals surface area contributed by atoms with Crippen molar-refractivity contribution >= 4 is 29.1 Å². The van der Waals surface area contributed by atoms with E-state index in [4.69, 9.17) is 4.42 Å². The van der Waals surface area contributed by atoms with Crippen LogP contribution < -0.4 is 16.0 Å². The maximum Gasteiger partial charge on any atom is 0.309 e. The molecule has 0 aliphatic heterocycles. The molecule has 29 heavy (non-hydrogen) atoms. The summed E-state index contributed by atoms with van der Waals surface area (Å²) in [5, 5.41) is 9.32. The standard InChI is InChI=1S/C20H18FN3O4S/c21-14-7-5-13(6-8-14)18(16-4-2-10-29-16)24-17(25)12-23-20(27)19(26)22-11-15-3-1-9-28-15/h1-10,18H,11-12H2,(H,22,26)(H,23,27)(H,24,25). The van der Waals surface area contributed by atoms with Crippen LogP contribution in [0.3, 0.4) is 0 Å². The lowest BCUT2D eigenvalue weighted by atomic mass is 10.1. The van der Waals surface area contributed by atoms with Gasteiger partial charge in [-0.1, -0.05) is 18.2 Å². The van der Waals surface area contributed by atoms with Gasteiger partial charge in [-0.3, -0.25) is 14.4 Å². The summed E-state index contributed by atoms with van der Waals surface area (Å²) in [5.74, 6) is -2.16. The van der Waals surface area contributed by atoms with E-state index in [0.717, 1.165) is 4.88 Å². The van der Waals surface area contributed by atoms with Crippen LogP contribution in [0.2, 0.25) is 0 Å². The van der Waals surface area contributed by atoms with Gasteiger partial charge in [0.2, 0.25) is 5.91 Å². The molecule has 1 atom stereocenters. The van der Waals surface area contributed by atoms with Crippen molar-refractivity contribution in [2.45, 2.75) is 12.6 Å². The van der Waals surface area contributed by atoms with Crippen molar-refractivity contribution in [2.24, 2.45) is 0 Å². The number of thiophene rings is 1. The number of hydrogen-bond acceptors (Lipinski definition) is 5. The molecule has 0 saturated carbocycles. The number of carbonyl (C=O) groups excluding carboxylic acids is 3. The maximum absolute atomic E-state index is 13.2. The fourth-order valence-electron chi connectivity index (χ4n) is 2.54. The summed E-state index contributed by atoms with van der Waals surface area (Å²) in [4.78, 5) is 36.8. The molecule has 0 aliphatic rings. The predicted octanol–water partition coefficient (Wildman–Crippen LogP) is 2.12. The first kappa shape index (κ1) is 20.3. The number of nitrogens with one attached hydrogen (secondary N) is 3. The Kier molecular flexibility index (Phi) is 6.75. The zero-order valence-corrected chi connectivity index (χ0v) is 16.0. The molecule has 0 fully saturated rings. The predicted molar refractivity (Wildman–Crippen MR) is 104 cm³/mol. The Hall–Kier alpha value is -3.46. The average molecular weight is 415 g/mol. The lowest BCUT2D eigenvalue weighted by Gasteiger charge is -2.18. The second-order valence-electron chi connectivity index (χ2n) is 6.01. The largest absolute Gasteiger partial charge is 0.467 e. The zero-order chi connectivity index (χ0) is 20.6. The van der Waals surface area contributed by atoms with Gasteiger partial charge in [0.25, 0.3) is 0 Å². The molecule has 150 valence electrons. The number of rotatable bonds is 7. The smallest absolute Gasteiger partial charge is 0.309 e. The Morgan fingerprint density at radius 1 is 1.00 bits per heavy atom. The lowest BCUT2D eigenvalue weighted by Crippen LogP contribution is -2.44. The Morgan fingerprint density at radius 3 is 2.41 bits per heavy atom. The van der Waals surface area contributed by atoms with Crippen molar-refractivity contribution in [3.05, 3.63) is 82.2 Å². The monoisotopic (exact) mass is 415 g/mol. The topological polar surface area (TPSA) is 100 Å². The number of benzene rings is 1. The summed E-state index contributed by atoms with van der Waals surface area (Å²) < 4.78 is 18.3. The van der Waals surface area contributed by atoms with Gasteiger partial charge in [-0.05, 0) is 41.3 Å².